The summed E-state index contributed by atoms with van der Waals surface area (Å²) in [5.41, 5.74) is 4.52. The molecule has 0 saturated carbocycles. The normalized spacial score (nSPS) is 12.2. The summed E-state index contributed by atoms with van der Waals surface area (Å²) in [7, 11) is 0. The number of anilines is 1. The molecule has 0 fully saturated rings. The topological polar surface area (TPSA) is 74.3 Å². The van der Waals surface area contributed by atoms with Crippen LogP contribution in [0.4, 0.5) is 5.88 Å². The van der Waals surface area contributed by atoms with Crippen molar-refractivity contribution in [1.29, 1.82) is 5.26 Å². The number of hydrogen-bond acceptors (Lipinski definition) is 6. The molecule has 0 spiro atoms. The van der Waals surface area contributed by atoms with Gasteiger partial charge >= 0.3 is 0 Å². The van der Waals surface area contributed by atoms with Crippen molar-refractivity contribution in [2.45, 2.75) is 52.7 Å². The fourth-order valence-corrected chi connectivity index (χ4v) is 4.82. The van der Waals surface area contributed by atoms with E-state index in [1.165, 1.54) is 11.1 Å². The number of rotatable bonds is 11. The van der Waals surface area contributed by atoms with Crippen LogP contribution in [0.1, 0.15) is 63.0 Å². The number of nitrogens with one attached hydrogen (secondary N) is 1. The first-order chi connectivity index (χ1) is 19.2. The van der Waals surface area contributed by atoms with Crippen molar-refractivity contribution >= 4 is 17.5 Å². The molecule has 3 aromatic carbocycles. The molecule has 0 aliphatic carbocycles. The molecule has 0 saturated heterocycles. The van der Waals surface area contributed by atoms with E-state index in [0.29, 0.717) is 35.7 Å². The summed E-state index contributed by atoms with van der Waals surface area (Å²) >= 11 is 6.23. The maximum absolute atomic E-state index is 9.76. The van der Waals surface area contributed by atoms with Crippen LogP contribution in [0.15, 0.2) is 77.2 Å². The van der Waals surface area contributed by atoms with Crippen molar-refractivity contribution < 1.29 is 9.15 Å². The van der Waals surface area contributed by atoms with Crippen molar-refractivity contribution in [1.82, 2.24) is 9.88 Å². The summed E-state index contributed by atoms with van der Waals surface area (Å²) in [5.74, 6) is 1.46. The molecule has 0 bridgehead atoms. The van der Waals surface area contributed by atoms with Gasteiger partial charge in [-0.05, 0) is 60.0 Å². The van der Waals surface area contributed by atoms with Gasteiger partial charge in [-0.25, -0.2) is 0 Å². The minimum Gasteiger partial charge on any atom is -0.489 e. The molecule has 0 aliphatic rings. The predicted octanol–water partition coefficient (Wildman–Crippen LogP) is 8.24. The summed E-state index contributed by atoms with van der Waals surface area (Å²) in [6.45, 7) is 13.7. The van der Waals surface area contributed by atoms with Crippen molar-refractivity contribution in [3.63, 3.8) is 0 Å². The maximum atomic E-state index is 9.76. The van der Waals surface area contributed by atoms with Gasteiger partial charge in [-0.3, -0.25) is 4.90 Å². The van der Waals surface area contributed by atoms with E-state index in [2.05, 4.69) is 80.2 Å². The van der Waals surface area contributed by atoms with E-state index < -0.39 is 0 Å². The first-order valence-corrected chi connectivity index (χ1v) is 14.1. The van der Waals surface area contributed by atoms with Crippen molar-refractivity contribution in [2.24, 2.45) is 0 Å². The van der Waals surface area contributed by atoms with Crippen LogP contribution in [0.25, 0.3) is 11.5 Å². The Morgan fingerprint density at radius 2 is 1.68 bits per heavy atom. The number of halogens is 1. The van der Waals surface area contributed by atoms with E-state index in [-0.39, 0.29) is 17.2 Å². The second kappa shape index (κ2) is 13.0. The predicted molar refractivity (Wildman–Crippen MR) is 162 cm³/mol. The highest BCUT2D eigenvalue weighted by atomic mass is 35.5. The fraction of sp³-hybridized carbons (Fsp3) is 0.333. The third kappa shape index (κ3) is 7.04. The van der Waals surface area contributed by atoms with Crippen LogP contribution in [0.2, 0.25) is 5.02 Å². The van der Waals surface area contributed by atoms with Gasteiger partial charge in [0.05, 0.1) is 6.04 Å². The smallest absolute Gasteiger partial charge is 0.232 e. The molecule has 1 N–H and O–H groups in total. The lowest BCUT2D eigenvalue weighted by atomic mass is 9.86. The van der Waals surface area contributed by atoms with Gasteiger partial charge in [-0.1, -0.05) is 88.7 Å². The van der Waals surface area contributed by atoms with Crippen LogP contribution >= 0.6 is 11.6 Å². The molecule has 0 aliphatic heterocycles. The zero-order valence-corrected chi connectivity index (χ0v) is 24.6. The van der Waals surface area contributed by atoms with Crippen LogP contribution in [0.5, 0.6) is 5.75 Å². The number of likely N-dealkylation sites (N-methyl/N-ethyl adjacent to an activating group) is 1. The Morgan fingerprint density at radius 1 is 1.00 bits per heavy atom. The minimum absolute atomic E-state index is 0.0966. The summed E-state index contributed by atoms with van der Waals surface area (Å²) in [6, 6.07) is 26.2. The molecule has 0 radical (unpaired) electrons. The highest BCUT2D eigenvalue weighted by molar-refractivity contribution is 6.31. The fourth-order valence-electron chi connectivity index (χ4n) is 4.63. The molecule has 1 atom stereocenters. The van der Waals surface area contributed by atoms with Crippen LogP contribution in [-0.2, 0) is 12.0 Å². The number of nitrogens with zero attached hydrogens (tertiary/aromatic N) is 3. The van der Waals surface area contributed by atoms with Gasteiger partial charge in [0.2, 0.25) is 17.5 Å². The Balaban J connectivity index is 1.48. The molecular formula is C33H37ClN4O2. The van der Waals surface area contributed by atoms with Crippen LogP contribution in [0.3, 0.4) is 0 Å². The van der Waals surface area contributed by atoms with Gasteiger partial charge in [-0.15, -0.1) is 0 Å². The molecule has 0 amide bonds. The number of hydrogen-bond donors (Lipinski definition) is 1. The third-order valence-corrected chi connectivity index (χ3v) is 7.43. The Morgan fingerprint density at radius 3 is 2.27 bits per heavy atom. The Bertz CT molecular complexity index is 1430. The second-order valence-electron chi connectivity index (χ2n) is 10.7. The third-order valence-electron chi connectivity index (χ3n) is 7.06. The van der Waals surface area contributed by atoms with Crippen LogP contribution in [0, 0.1) is 11.3 Å². The van der Waals surface area contributed by atoms with Crippen LogP contribution in [-0.4, -0.2) is 29.5 Å². The first kappa shape index (κ1) is 29.2. The second-order valence-corrected chi connectivity index (χ2v) is 11.1. The van der Waals surface area contributed by atoms with E-state index in [1.807, 2.05) is 48.5 Å². The van der Waals surface area contributed by atoms with E-state index >= 15 is 0 Å². The number of aromatic nitrogens is 1. The number of ether oxygens (including phenoxy) is 1. The summed E-state index contributed by atoms with van der Waals surface area (Å²) in [5, 5.41) is 13.8. The molecule has 1 heterocycles. The number of benzene rings is 3. The van der Waals surface area contributed by atoms with Gasteiger partial charge in [0.15, 0.2) is 0 Å². The van der Waals surface area contributed by atoms with E-state index in [0.717, 1.165) is 24.2 Å². The molecule has 7 heteroatoms. The zero-order chi connectivity index (χ0) is 28.7. The minimum atomic E-state index is 0.0966. The number of oxazole rings is 1. The van der Waals surface area contributed by atoms with Crippen molar-refractivity contribution in [3.8, 4) is 23.3 Å². The maximum Gasteiger partial charge on any atom is 0.232 e. The summed E-state index contributed by atoms with van der Waals surface area (Å²) in [6.07, 6.45) is 0. The molecule has 4 aromatic rings. The Hall–Kier alpha value is -3.79. The lowest BCUT2D eigenvalue weighted by molar-refractivity contribution is 0.227. The standard InChI is InChI=1S/C33H37ClN4O2/c1-6-38(7-2)30(23-12-16-26(17-13-23)33(3,4)5)21-36-32-29(20-35)37-31(40-32)24-14-18-27(19-15-24)39-22-25-10-8-9-11-28(25)34/h8-19,30,36H,6-7,21-22H2,1-5H3. The van der Waals surface area contributed by atoms with E-state index in [1.54, 1.807) is 0 Å². The molecule has 6 nitrogen and oxygen atoms in total. The van der Waals surface area contributed by atoms with Crippen molar-refractivity contribution in [3.05, 3.63) is 100 Å². The summed E-state index contributed by atoms with van der Waals surface area (Å²) in [4.78, 5) is 6.84. The van der Waals surface area contributed by atoms with Crippen LogP contribution < -0.4 is 10.1 Å². The van der Waals surface area contributed by atoms with Crippen molar-refractivity contribution in [2.75, 3.05) is 25.0 Å². The van der Waals surface area contributed by atoms with E-state index in [4.69, 9.17) is 20.8 Å². The van der Waals surface area contributed by atoms with Gasteiger partial charge in [0, 0.05) is 22.7 Å². The molecule has 1 unspecified atom stereocenters. The van der Waals surface area contributed by atoms with Gasteiger partial charge in [0.1, 0.15) is 18.4 Å². The molecule has 1 aromatic heterocycles. The SMILES string of the molecule is CCN(CC)C(CNc1oc(-c2ccc(OCc3ccccc3Cl)cc2)nc1C#N)c1ccc(C(C)(C)C)cc1. The Labute approximate surface area is 242 Å². The molecular weight excluding hydrogens is 520 g/mol. The average molecular weight is 557 g/mol. The largest absolute Gasteiger partial charge is 0.489 e. The molecule has 4 rings (SSSR count). The average Bonchev–Trinajstić information content (AvgIpc) is 3.38. The molecule has 40 heavy (non-hydrogen) atoms. The first-order valence-electron chi connectivity index (χ1n) is 13.7. The Kier molecular flexibility index (Phi) is 9.52. The lowest BCUT2D eigenvalue weighted by Crippen LogP contribution is -2.33. The highest BCUT2D eigenvalue weighted by Crippen LogP contribution is 2.30. The molecule has 208 valence electrons. The lowest BCUT2D eigenvalue weighted by Gasteiger charge is -2.31. The zero-order valence-electron chi connectivity index (χ0n) is 23.9. The monoisotopic (exact) mass is 556 g/mol. The quantitative estimate of drug-likeness (QED) is 0.200. The highest BCUT2D eigenvalue weighted by Gasteiger charge is 2.22. The van der Waals surface area contributed by atoms with Gasteiger partial charge in [-0.2, -0.15) is 10.2 Å². The van der Waals surface area contributed by atoms with Gasteiger partial charge < -0.3 is 14.5 Å². The van der Waals surface area contributed by atoms with E-state index in [9.17, 15) is 5.26 Å². The van der Waals surface area contributed by atoms with Gasteiger partial charge in [0.25, 0.3) is 0 Å². The summed E-state index contributed by atoms with van der Waals surface area (Å²) < 4.78 is 11.9. The number of nitriles is 1.